The van der Waals surface area contributed by atoms with E-state index in [-0.39, 0.29) is 17.7 Å². The van der Waals surface area contributed by atoms with Crippen molar-refractivity contribution in [1.82, 2.24) is 4.90 Å². The van der Waals surface area contributed by atoms with Gasteiger partial charge < -0.3 is 10.0 Å². The van der Waals surface area contributed by atoms with E-state index in [0.717, 1.165) is 11.0 Å². The number of carbonyl (C=O) groups excluding carboxylic acids is 1. The summed E-state index contributed by atoms with van der Waals surface area (Å²) in [7, 11) is 0. The third-order valence-electron chi connectivity index (χ3n) is 3.91. The molecule has 1 aliphatic rings. The first-order valence-electron chi connectivity index (χ1n) is 6.44. The minimum Gasteiger partial charge on any atom is -0.481 e. The summed E-state index contributed by atoms with van der Waals surface area (Å²) in [4.78, 5) is 24.1. The minimum atomic E-state index is -4.95. The van der Waals surface area contributed by atoms with Crippen LogP contribution in [0.1, 0.15) is 22.3 Å². The van der Waals surface area contributed by atoms with Crippen LogP contribution in [-0.4, -0.2) is 41.1 Å². The number of hydrogen-bond acceptors (Lipinski definition) is 2. The van der Waals surface area contributed by atoms with Gasteiger partial charge in [-0.05, 0) is 37.1 Å². The van der Waals surface area contributed by atoms with Gasteiger partial charge in [-0.15, -0.1) is 0 Å². The number of benzene rings is 1. The molecule has 0 bridgehead atoms. The van der Waals surface area contributed by atoms with Gasteiger partial charge in [-0.25, -0.2) is 4.39 Å². The van der Waals surface area contributed by atoms with E-state index in [1.165, 1.54) is 19.1 Å². The van der Waals surface area contributed by atoms with Crippen molar-refractivity contribution in [3.63, 3.8) is 0 Å². The number of alkyl halides is 3. The zero-order valence-corrected chi connectivity index (χ0v) is 11.6. The van der Waals surface area contributed by atoms with E-state index >= 15 is 0 Å². The number of nitrogens with zero attached hydrogens (tertiary/aromatic N) is 1. The number of likely N-dealkylation sites (tertiary alicyclic amines) is 1. The maximum Gasteiger partial charge on any atom is 0.406 e. The quantitative estimate of drug-likeness (QED) is 0.853. The number of halogens is 4. The fourth-order valence-corrected chi connectivity index (χ4v) is 2.47. The Morgan fingerprint density at radius 2 is 1.95 bits per heavy atom. The van der Waals surface area contributed by atoms with Crippen LogP contribution in [0.3, 0.4) is 0 Å². The number of rotatable bonds is 2. The maximum atomic E-state index is 13.2. The van der Waals surface area contributed by atoms with Crippen molar-refractivity contribution in [2.24, 2.45) is 5.41 Å². The Kier molecular flexibility index (Phi) is 3.88. The summed E-state index contributed by atoms with van der Waals surface area (Å²) in [5.41, 5.74) is -2.73. The summed E-state index contributed by atoms with van der Waals surface area (Å²) in [6, 6.07) is 3.44. The first-order valence-corrected chi connectivity index (χ1v) is 6.44. The summed E-state index contributed by atoms with van der Waals surface area (Å²) in [6.07, 6.45) is -5.65. The van der Waals surface area contributed by atoms with Gasteiger partial charge in [0.05, 0.1) is 0 Å². The van der Waals surface area contributed by atoms with Crippen LogP contribution >= 0.6 is 0 Å². The van der Waals surface area contributed by atoms with Crippen LogP contribution in [0.2, 0.25) is 0 Å². The number of carboxylic acid groups (broad SMARTS) is 1. The fraction of sp³-hybridized carbons (Fsp3) is 0.429. The summed E-state index contributed by atoms with van der Waals surface area (Å²) in [5, 5.41) is 8.94. The first kappa shape index (κ1) is 16.3. The highest BCUT2D eigenvalue weighted by atomic mass is 19.4. The van der Waals surface area contributed by atoms with Crippen LogP contribution in [0.5, 0.6) is 0 Å². The van der Waals surface area contributed by atoms with Crippen molar-refractivity contribution >= 4 is 11.9 Å². The highest BCUT2D eigenvalue weighted by Gasteiger charge is 2.64. The van der Waals surface area contributed by atoms with Crippen molar-refractivity contribution in [1.29, 1.82) is 0 Å². The van der Waals surface area contributed by atoms with E-state index in [4.69, 9.17) is 5.11 Å². The van der Waals surface area contributed by atoms with Gasteiger partial charge in [0.25, 0.3) is 5.91 Å². The molecule has 1 unspecified atom stereocenters. The smallest absolute Gasteiger partial charge is 0.406 e. The lowest BCUT2D eigenvalue weighted by atomic mass is 9.86. The molecule has 0 radical (unpaired) electrons. The zero-order chi connectivity index (χ0) is 16.7. The molecule has 1 aromatic rings. The Morgan fingerprint density at radius 3 is 2.41 bits per heavy atom. The number of amides is 1. The highest BCUT2D eigenvalue weighted by Crippen LogP contribution is 2.46. The lowest BCUT2D eigenvalue weighted by molar-refractivity contribution is -0.227. The van der Waals surface area contributed by atoms with Crippen molar-refractivity contribution < 1.29 is 32.3 Å². The predicted molar refractivity (Wildman–Crippen MR) is 67.8 cm³/mol. The zero-order valence-electron chi connectivity index (χ0n) is 11.6. The van der Waals surface area contributed by atoms with Gasteiger partial charge in [0, 0.05) is 18.7 Å². The van der Waals surface area contributed by atoms with Crippen molar-refractivity contribution in [3.05, 3.63) is 35.1 Å². The van der Waals surface area contributed by atoms with E-state index in [0.29, 0.717) is 0 Å². The summed E-state index contributed by atoms with van der Waals surface area (Å²) in [5.74, 6) is -3.27. The van der Waals surface area contributed by atoms with Gasteiger partial charge in [-0.2, -0.15) is 13.2 Å². The van der Waals surface area contributed by atoms with Crippen LogP contribution in [-0.2, 0) is 4.79 Å². The van der Waals surface area contributed by atoms with Crippen LogP contribution < -0.4 is 0 Å². The number of hydrogen-bond donors (Lipinski definition) is 1. The minimum absolute atomic E-state index is 0.0299. The molecule has 1 amide bonds. The Bertz CT molecular complexity index is 629. The first-order chi connectivity index (χ1) is 10.1. The second-order valence-corrected chi connectivity index (χ2v) is 5.33. The lowest BCUT2D eigenvalue weighted by Gasteiger charge is -2.27. The number of carboxylic acids is 1. The highest BCUT2D eigenvalue weighted by molar-refractivity contribution is 5.95. The third kappa shape index (κ3) is 2.53. The molecule has 0 aliphatic carbocycles. The SMILES string of the molecule is Cc1cc(C(=O)N2CCC(C(=O)O)(C(F)(F)F)C2)ccc1F. The molecule has 1 atom stereocenters. The van der Waals surface area contributed by atoms with Gasteiger partial charge in [-0.1, -0.05) is 0 Å². The van der Waals surface area contributed by atoms with E-state index in [1.807, 2.05) is 0 Å². The Balaban J connectivity index is 2.27. The molecule has 1 aromatic carbocycles. The van der Waals surface area contributed by atoms with Crippen LogP contribution in [0.25, 0.3) is 0 Å². The van der Waals surface area contributed by atoms with Crippen molar-refractivity contribution in [2.45, 2.75) is 19.5 Å². The molecular formula is C14H13F4NO3. The number of aryl methyl sites for hydroxylation is 1. The van der Waals surface area contributed by atoms with E-state index < -0.39 is 42.3 Å². The normalized spacial score (nSPS) is 22.0. The molecule has 1 heterocycles. The Morgan fingerprint density at radius 1 is 1.32 bits per heavy atom. The Labute approximate surface area is 123 Å². The summed E-state index contributed by atoms with van der Waals surface area (Å²) >= 11 is 0. The Hall–Kier alpha value is -2.12. The van der Waals surface area contributed by atoms with Gasteiger partial charge in [0.1, 0.15) is 5.82 Å². The fourth-order valence-electron chi connectivity index (χ4n) is 2.47. The summed E-state index contributed by atoms with van der Waals surface area (Å²) < 4.78 is 52.3. The van der Waals surface area contributed by atoms with Gasteiger partial charge >= 0.3 is 12.1 Å². The van der Waals surface area contributed by atoms with Gasteiger partial charge in [0.2, 0.25) is 0 Å². The van der Waals surface area contributed by atoms with E-state index in [1.54, 1.807) is 0 Å². The third-order valence-corrected chi connectivity index (χ3v) is 3.91. The molecule has 2 rings (SSSR count). The molecule has 1 saturated heterocycles. The second-order valence-electron chi connectivity index (χ2n) is 5.33. The summed E-state index contributed by atoms with van der Waals surface area (Å²) in [6.45, 7) is 0.162. The van der Waals surface area contributed by atoms with Gasteiger partial charge in [0.15, 0.2) is 5.41 Å². The topological polar surface area (TPSA) is 57.6 Å². The van der Waals surface area contributed by atoms with Crippen LogP contribution in [0.15, 0.2) is 18.2 Å². The molecule has 8 heteroatoms. The molecule has 0 aromatic heterocycles. The largest absolute Gasteiger partial charge is 0.481 e. The van der Waals surface area contributed by atoms with Crippen molar-refractivity contribution in [3.8, 4) is 0 Å². The average Bonchev–Trinajstić information content (AvgIpc) is 2.87. The average molecular weight is 319 g/mol. The second kappa shape index (κ2) is 5.26. The molecule has 1 N–H and O–H groups in total. The lowest BCUT2D eigenvalue weighted by Crippen LogP contribution is -2.47. The number of aliphatic carboxylic acids is 1. The standard InChI is InChI=1S/C14H13F4NO3/c1-8-6-9(2-3-10(8)15)11(20)19-5-4-13(7-19,12(21)22)14(16,17)18/h2-3,6H,4-5,7H2,1H3,(H,21,22). The van der Waals surface area contributed by atoms with Crippen LogP contribution in [0.4, 0.5) is 17.6 Å². The molecule has 1 fully saturated rings. The van der Waals surface area contributed by atoms with E-state index in [9.17, 15) is 27.2 Å². The molecule has 0 spiro atoms. The number of carbonyl (C=O) groups is 2. The monoisotopic (exact) mass is 319 g/mol. The molecule has 4 nitrogen and oxygen atoms in total. The molecule has 22 heavy (non-hydrogen) atoms. The predicted octanol–water partition coefficient (Wildman–Crippen LogP) is 2.61. The molecule has 120 valence electrons. The molecule has 1 aliphatic heterocycles. The molecular weight excluding hydrogens is 306 g/mol. The maximum absolute atomic E-state index is 13.2. The van der Waals surface area contributed by atoms with Crippen LogP contribution in [0, 0.1) is 18.2 Å². The van der Waals surface area contributed by atoms with Crippen molar-refractivity contribution in [2.75, 3.05) is 13.1 Å². The van der Waals surface area contributed by atoms with Gasteiger partial charge in [-0.3, -0.25) is 9.59 Å². The molecule has 0 saturated carbocycles. The van der Waals surface area contributed by atoms with E-state index in [2.05, 4.69) is 0 Å².